The third-order valence-electron chi connectivity index (χ3n) is 3.43. The Labute approximate surface area is 122 Å². The minimum Gasteiger partial charge on any atom is -0.481 e. The van der Waals surface area contributed by atoms with E-state index in [1.165, 1.54) is 24.3 Å². The lowest BCUT2D eigenvalue weighted by atomic mass is 9.89. The van der Waals surface area contributed by atoms with E-state index in [0.29, 0.717) is 5.56 Å². The van der Waals surface area contributed by atoms with Gasteiger partial charge in [0.15, 0.2) is 0 Å². The second-order valence-electron chi connectivity index (χ2n) is 5.08. The predicted molar refractivity (Wildman–Crippen MR) is 76.5 cm³/mol. The van der Waals surface area contributed by atoms with Crippen LogP contribution in [0.5, 0.6) is 0 Å². The lowest BCUT2D eigenvalue weighted by Crippen LogP contribution is -2.22. The predicted octanol–water partition coefficient (Wildman–Crippen LogP) is 4.35. The maximum absolute atomic E-state index is 14.3. The molecule has 0 aliphatic carbocycles. The molecule has 21 heavy (non-hydrogen) atoms. The van der Waals surface area contributed by atoms with Crippen molar-refractivity contribution in [3.05, 3.63) is 71.3 Å². The van der Waals surface area contributed by atoms with Crippen LogP contribution in [0, 0.1) is 6.92 Å². The number of carboxylic acid groups (broad SMARTS) is 1. The molecular formula is C17H16F2O2. The van der Waals surface area contributed by atoms with Crippen LogP contribution in [0.25, 0.3) is 0 Å². The Hall–Kier alpha value is -2.23. The summed E-state index contributed by atoms with van der Waals surface area (Å²) >= 11 is 0. The van der Waals surface area contributed by atoms with Crippen molar-refractivity contribution in [3.63, 3.8) is 0 Å². The number of alkyl halides is 2. The monoisotopic (exact) mass is 290 g/mol. The number of carbonyl (C=O) groups is 1. The minimum atomic E-state index is -3.19. The Bertz CT molecular complexity index is 606. The van der Waals surface area contributed by atoms with Gasteiger partial charge in [0.25, 0.3) is 5.92 Å². The summed E-state index contributed by atoms with van der Waals surface area (Å²) < 4.78 is 28.5. The quantitative estimate of drug-likeness (QED) is 0.889. The normalized spacial score (nSPS) is 12.9. The van der Waals surface area contributed by atoms with Gasteiger partial charge in [0.2, 0.25) is 0 Å². The second kappa shape index (κ2) is 6.04. The first-order chi connectivity index (χ1) is 9.90. The molecule has 0 bridgehead atoms. The standard InChI is InChI=1S/C17H16F2O2/c1-12-7-9-13(10-8-12)15(16(20)21)11-17(18,19)14-5-3-2-4-6-14/h2-10,15H,11H2,1H3,(H,20,21). The van der Waals surface area contributed by atoms with Gasteiger partial charge in [0.05, 0.1) is 5.92 Å². The molecule has 1 N–H and O–H groups in total. The van der Waals surface area contributed by atoms with Gasteiger partial charge in [-0.25, -0.2) is 8.78 Å². The van der Waals surface area contributed by atoms with Crippen molar-refractivity contribution in [3.8, 4) is 0 Å². The lowest BCUT2D eigenvalue weighted by molar-refractivity contribution is -0.141. The Morgan fingerprint density at radius 3 is 2.19 bits per heavy atom. The Morgan fingerprint density at radius 2 is 1.67 bits per heavy atom. The first-order valence-electron chi connectivity index (χ1n) is 6.63. The van der Waals surface area contributed by atoms with E-state index in [2.05, 4.69) is 0 Å². The number of hydrogen-bond acceptors (Lipinski definition) is 1. The molecule has 0 saturated heterocycles. The first-order valence-corrected chi connectivity index (χ1v) is 6.63. The molecule has 2 rings (SSSR count). The molecule has 2 aromatic rings. The summed E-state index contributed by atoms with van der Waals surface area (Å²) in [7, 11) is 0. The van der Waals surface area contributed by atoms with Crippen molar-refractivity contribution < 1.29 is 18.7 Å². The molecule has 0 spiro atoms. The van der Waals surface area contributed by atoms with Crippen molar-refractivity contribution in [1.29, 1.82) is 0 Å². The van der Waals surface area contributed by atoms with Gasteiger partial charge < -0.3 is 5.11 Å². The Balaban J connectivity index is 2.28. The number of hydrogen-bond donors (Lipinski definition) is 1. The van der Waals surface area contributed by atoms with Crippen molar-refractivity contribution in [2.45, 2.75) is 25.2 Å². The van der Waals surface area contributed by atoms with Gasteiger partial charge in [0, 0.05) is 12.0 Å². The highest BCUT2D eigenvalue weighted by molar-refractivity contribution is 5.76. The highest BCUT2D eigenvalue weighted by Gasteiger charge is 2.38. The summed E-state index contributed by atoms with van der Waals surface area (Å²) in [5.41, 5.74) is 1.18. The number of aryl methyl sites for hydroxylation is 1. The van der Waals surface area contributed by atoms with Crippen LogP contribution >= 0.6 is 0 Å². The highest BCUT2D eigenvalue weighted by Crippen LogP contribution is 2.38. The molecule has 0 heterocycles. The van der Waals surface area contributed by atoms with E-state index in [-0.39, 0.29) is 5.56 Å². The fraction of sp³-hybridized carbons (Fsp3) is 0.235. The third kappa shape index (κ3) is 3.66. The number of aliphatic carboxylic acids is 1. The third-order valence-corrected chi connectivity index (χ3v) is 3.43. The largest absolute Gasteiger partial charge is 0.481 e. The molecule has 0 aliphatic heterocycles. The molecule has 1 unspecified atom stereocenters. The average Bonchev–Trinajstić information content (AvgIpc) is 2.47. The smallest absolute Gasteiger partial charge is 0.311 e. The fourth-order valence-electron chi connectivity index (χ4n) is 2.20. The van der Waals surface area contributed by atoms with Gasteiger partial charge in [-0.05, 0) is 12.5 Å². The topological polar surface area (TPSA) is 37.3 Å². The summed E-state index contributed by atoms with van der Waals surface area (Å²) in [6, 6.07) is 14.0. The van der Waals surface area contributed by atoms with Gasteiger partial charge in [-0.2, -0.15) is 0 Å². The second-order valence-corrected chi connectivity index (χ2v) is 5.08. The maximum atomic E-state index is 14.3. The summed E-state index contributed by atoms with van der Waals surface area (Å²) in [6.07, 6.45) is -0.755. The summed E-state index contributed by atoms with van der Waals surface area (Å²) in [4.78, 5) is 11.4. The highest BCUT2D eigenvalue weighted by atomic mass is 19.3. The van der Waals surface area contributed by atoms with Crippen molar-refractivity contribution in [2.75, 3.05) is 0 Å². The van der Waals surface area contributed by atoms with E-state index in [1.54, 1.807) is 30.3 Å². The molecule has 4 heteroatoms. The van der Waals surface area contributed by atoms with E-state index in [1.807, 2.05) is 6.92 Å². The minimum absolute atomic E-state index is 0.164. The number of halogens is 2. The molecule has 0 aliphatic rings. The lowest BCUT2D eigenvalue weighted by Gasteiger charge is -2.21. The van der Waals surface area contributed by atoms with E-state index in [9.17, 15) is 18.7 Å². The van der Waals surface area contributed by atoms with Crippen LogP contribution < -0.4 is 0 Å². The average molecular weight is 290 g/mol. The zero-order valence-electron chi connectivity index (χ0n) is 11.6. The number of carboxylic acids is 1. The zero-order valence-corrected chi connectivity index (χ0v) is 11.6. The molecule has 110 valence electrons. The molecular weight excluding hydrogens is 274 g/mol. The van der Waals surface area contributed by atoms with Gasteiger partial charge >= 0.3 is 5.97 Å². The van der Waals surface area contributed by atoms with Crippen LogP contribution in [0.4, 0.5) is 8.78 Å². The van der Waals surface area contributed by atoms with Crippen LogP contribution in [-0.4, -0.2) is 11.1 Å². The molecule has 2 nitrogen and oxygen atoms in total. The summed E-state index contributed by atoms with van der Waals surface area (Å²) in [5.74, 6) is -5.66. The number of rotatable bonds is 5. The van der Waals surface area contributed by atoms with Crippen LogP contribution in [0.2, 0.25) is 0 Å². The molecule has 0 radical (unpaired) electrons. The van der Waals surface area contributed by atoms with Gasteiger partial charge in [-0.1, -0.05) is 60.2 Å². The Morgan fingerprint density at radius 1 is 1.10 bits per heavy atom. The van der Waals surface area contributed by atoms with Gasteiger partial charge in [-0.3, -0.25) is 4.79 Å². The SMILES string of the molecule is Cc1ccc(C(CC(F)(F)c2ccccc2)C(=O)O)cc1. The zero-order chi connectivity index (χ0) is 15.5. The fourth-order valence-corrected chi connectivity index (χ4v) is 2.20. The van der Waals surface area contributed by atoms with Crippen LogP contribution in [0.3, 0.4) is 0 Å². The Kier molecular flexibility index (Phi) is 4.36. The number of benzene rings is 2. The summed E-state index contributed by atoms with van der Waals surface area (Å²) in [6.45, 7) is 1.86. The van der Waals surface area contributed by atoms with Crippen LogP contribution in [0.15, 0.2) is 54.6 Å². The van der Waals surface area contributed by atoms with E-state index < -0.39 is 24.2 Å². The van der Waals surface area contributed by atoms with Crippen LogP contribution in [-0.2, 0) is 10.7 Å². The van der Waals surface area contributed by atoms with Gasteiger partial charge in [-0.15, -0.1) is 0 Å². The van der Waals surface area contributed by atoms with E-state index in [0.717, 1.165) is 5.56 Å². The van der Waals surface area contributed by atoms with E-state index in [4.69, 9.17) is 0 Å². The molecule has 0 amide bonds. The molecule has 1 atom stereocenters. The van der Waals surface area contributed by atoms with Crippen molar-refractivity contribution in [2.24, 2.45) is 0 Å². The molecule has 0 fully saturated rings. The van der Waals surface area contributed by atoms with Crippen molar-refractivity contribution in [1.82, 2.24) is 0 Å². The van der Waals surface area contributed by atoms with E-state index >= 15 is 0 Å². The molecule has 0 aromatic heterocycles. The molecule has 2 aromatic carbocycles. The molecule has 0 saturated carbocycles. The maximum Gasteiger partial charge on any atom is 0.311 e. The first kappa shape index (κ1) is 15.2. The van der Waals surface area contributed by atoms with Crippen molar-refractivity contribution >= 4 is 5.97 Å². The van der Waals surface area contributed by atoms with Gasteiger partial charge in [0.1, 0.15) is 0 Å². The van der Waals surface area contributed by atoms with Crippen LogP contribution in [0.1, 0.15) is 29.0 Å². The summed E-state index contributed by atoms with van der Waals surface area (Å²) in [5, 5.41) is 9.27.